The van der Waals surface area contributed by atoms with Gasteiger partial charge in [0.05, 0.1) is 6.04 Å². The van der Waals surface area contributed by atoms with Gasteiger partial charge in [0.1, 0.15) is 6.04 Å². The molecule has 0 heterocycles. The van der Waals surface area contributed by atoms with E-state index in [2.05, 4.69) is 5.32 Å². The van der Waals surface area contributed by atoms with E-state index in [4.69, 9.17) is 14.9 Å². The Hall–Kier alpha value is -0.600. The van der Waals surface area contributed by atoms with E-state index in [1.54, 1.807) is 11.3 Å². The number of hydrogen-bond acceptors (Lipinski definition) is 4. The van der Waals surface area contributed by atoms with Crippen LogP contribution in [0.15, 0.2) is 0 Å². The van der Waals surface area contributed by atoms with Crippen molar-refractivity contribution in [2.75, 3.05) is 12.0 Å². The molecule has 0 bridgehead atoms. The molecule has 0 aliphatic carbocycles. The van der Waals surface area contributed by atoms with Gasteiger partial charge in [0.15, 0.2) is 0 Å². The Morgan fingerprint density at radius 1 is 1.39 bits per heavy atom. The summed E-state index contributed by atoms with van der Waals surface area (Å²) in [5.74, 6) is -1.40. The summed E-state index contributed by atoms with van der Waals surface area (Å²) in [6.07, 6.45) is 2.05. The number of hydrogen-bond donors (Lipinski definition) is 5. The van der Waals surface area contributed by atoms with Crippen LogP contribution in [0.3, 0.4) is 0 Å². The summed E-state index contributed by atoms with van der Waals surface area (Å²) in [5.41, 5.74) is 0. The first-order chi connectivity index (χ1) is 8.17. The molecule has 2 atom stereocenters. The first-order valence-corrected chi connectivity index (χ1v) is 8.03. The maximum Gasteiger partial charge on any atom is 0.401 e. The lowest BCUT2D eigenvalue weighted by atomic mass is 10.2. The van der Waals surface area contributed by atoms with E-state index in [1.807, 2.05) is 0 Å². The summed E-state index contributed by atoms with van der Waals surface area (Å²) in [7, 11) is -4.53. The lowest BCUT2D eigenvalue weighted by Gasteiger charge is -2.18. The zero-order chi connectivity index (χ0) is 14.3. The molecule has 0 aliphatic heterocycles. The molecule has 2 unspecified atom stereocenters. The quantitative estimate of drug-likeness (QED) is 0.374. The number of amides is 1. The molecular formula is C8H17N2O6PS. The van der Waals surface area contributed by atoms with Crippen molar-refractivity contribution >= 4 is 31.4 Å². The van der Waals surface area contributed by atoms with Crippen LogP contribution < -0.4 is 10.4 Å². The largest absolute Gasteiger partial charge is 0.480 e. The zero-order valence-corrected chi connectivity index (χ0v) is 11.7. The monoisotopic (exact) mass is 300 g/mol. The van der Waals surface area contributed by atoms with Crippen LogP contribution in [0, 0.1) is 0 Å². The van der Waals surface area contributed by atoms with Gasteiger partial charge >= 0.3 is 13.7 Å². The lowest BCUT2D eigenvalue weighted by molar-refractivity contribution is -0.142. The van der Waals surface area contributed by atoms with Crippen molar-refractivity contribution in [3.63, 3.8) is 0 Å². The molecule has 0 fully saturated rings. The Balaban J connectivity index is 4.41. The molecule has 5 N–H and O–H groups in total. The predicted octanol–water partition coefficient (Wildman–Crippen LogP) is -0.620. The van der Waals surface area contributed by atoms with Crippen molar-refractivity contribution < 1.29 is 29.0 Å². The second-order valence-electron chi connectivity index (χ2n) is 3.58. The average molecular weight is 300 g/mol. The topological polar surface area (TPSA) is 136 Å². The minimum atomic E-state index is -4.53. The van der Waals surface area contributed by atoms with Gasteiger partial charge in [0.25, 0.3) is 0 Å². The van der Waals surface area contributed by atoms with Gasteiger partial charge in [-0.3, -0.25) is 4.79 Å². The van der Waals surface area contributed by atoms with Crippen LogP contribution in [0.5, 0.6) is 0 Å². The van der Waals surface area contributed by atoms with Crippen molar-refractivity contribution in [1.82, 2.24) is 10.4 Å². The molecule has 0 rings (SSSR count). The van der Waals surface area contributed by atoms with Gasteiger partial charge in [0.2, 0.25) is 5.91 Å². The van der Waals surface area contributed by atoms with Gasteiger partial charge in [-0.2, -0.15) is 11.8 Å². The third-order valence-corrected chi connectivity index (χ3v) is 3.35. The van der Waals surface area contributed by atoms with Crippen LogP contribution in [0.25, 0.3) is 0 Å². The van der Waals surface area contributed by atoms with Crippen LogP contribution in [0.1, 0.15) is 13.3 Å². The molecule has 0 saturated carbocycles. The molecule has 106 valence electrons. The molecule has 0 aromatic heterocycles. The van der Waals surface area contributed by atoms with Crippen molar-refractivity contribution in [2.45, 2.75) is 25.4 Å². The van der Waals surface area contributed by atoms with Crippen LogP contribution in [-0.2, 0) is 14.2 Å². The third-order valence-electron chi connectivity index (χ3n) is 1.98. The summed E-state index contributed by atoms with van der Waals surface area (Å²) < 4.78 is 10.6. The van der Waals surface area contributed by atoms with Crippen LogP contribution >= 0.6 is 19.5 Å². The number of thioether (sulfide) groups is 1. The molecule has 0 saturated heterocycles. The summed E-state index contributed by atoms with van der Waals surface area (Å²) in [5, 5.41) is 12.9. The number of carbonyl (C=O) groups is 2. The molecule has 1 amide bonds. The van der Waals surface area contributed by atoms with E-state index in [1.165, 1.54) is 18.7 Å². The standard InChI is InChI=1S/C8H17N2O6PS/c1-5(10-17(14,15)16)7(11)9-6(8(12)13)3-4-18-2/h5-6H,3-4H2,1-2H3,(H,9,11)(H,12,13)(H3,10,14,15,16). The first kappa shape index (κ1) is 17.4. The smallest absolute Gasteiger partial charge is 0.401 e. The van der Waals surface area contributed by atoms with Crippen molar-refractivity contribution in [1.29, 1.82) is 0 Å². The average Bonchev–Trinajstić information content (AvgIpc) is 2.20. The number of rotatable bonds is 8. The minimum Gasteiger partial charge on any atom is -0.480 e. The third kappa shape index (κ3) is 7.67. The predicted molar refractivity (Wildman–Crippen MR) is 67.2 cm³/mol. The molecule has 8 nitrogen and oxygen atoms in total. The van der Waals surface area contributed by atoms with Gasteiger partial charge in [-0.1, -0.05) is 0 Å². The van der Waals surface area contributed by atoms with E-state index in [0.29, 0.717) is 5.75 Å². The highest BCUT2D eigenvalue weighted by Crippen LogP contribution is 2.28. The summed E-state index contributed by atoms with van der Waals surface area (Å²) in [6, 6.07) is -2.24. The van der Waals surface area contributed by atoms with E-state index >= 15 is 0 Å². The maximum atomic E-state index is 11.5. The van der Waals surface area contributed by atoms with Crippen molar-refractivity contribution in [3.8, 4) is 0 Å². The van der Waals surface area contributed by atoms with Crippen molar-refractivity contribution in [3.05, 3.63) is 0 Å². The summed E-state index contributed by atoms with van der Waals surface area (Å²) in [6.45, 7) is 1.24. The summed E-state index contributed by atoms with van der Waals surface area (Å²) >= 11 is 1.44. The maximum absolute atomic E-state index is 11.5. The zero-order valence-electron chi connectivity index (χ0n) is 9.99. The molecule has 0 spiro atoms. The van der Waals surface area contributed by atoms with E-state index < -0.39 is 31.7 Å². The second kappa shape index (κ2) is 7.75. The van der Waals surface area contributed by atoms with Crippen LogP contribution in [0.2, 0.25) is 0 Å². The molecule has 0 radical (unpaired) electrons. The van der Waals surface area contributed by atoms with E-state index in [0.717, 1.165) is 0 Å². The minimum absolute atomic E-state index is 0.241. The number of carboxylic acid groups (broad SMARTS) is 1. The Bertz CT molecular complexity index is 346. The molecule has 0 aromatic carbocycles. The Kier molecular flexibility index (Phi) is 7.49. The molecule has 10 heteroatoms. The molecule has 0 aromatic rings. The highest BCUT2D eigenvalue weighted by molar-refractivity contribution is 7.98. The fraction of sp³-hybridized carbons (Fsp3) is 0.750. The number of nitrogens with one attached hydrogen (secondary N) is 2. The lowest BCUT2D eigenvalue weighted by Crippen LogP contribution is -2.48. The van der Waals surface area contributed by atoms with Crippen LogP contribution in [-0.4, -0.2) is 50.9 Å². The SMILES string of the molecule is CSCCC(NC(=O)C(C)NP(=O)(O)O)C(=O)O. The molecule has 0 aliphatic rings. The van der Waals surface area contributed by atoms with Crippen molar-refractivity contribution in [2.24, 2.45) is 0 Å². The number of carboxylic acids is 1. The molecular weight excluding hydrogens is 283 g/mol. The van der Waals surface area contributed by atoms with Gasteiger partial charge in [0, 0.05) is 0 Å². The van der Waals surface area contributed by atoms with Gasteiger partial charge in [-0.05, 0) is 25.4 Å². The van der Waals surface area contributed by atoms with Crippen LogP contribution in [0.4, 0.5) is 0 Å². The fourth-order valence-corrected chi connectivity index (χ4v) is 2.19. The van der Waals surface area contributed by atoms with E-state index in [9.17, 15) is 14.2 Å². The highest BCUT2D eigenvalue weighted by atomic mass is 32.2. The Labute approximate surface area is 109 Å². The second-order valence-corrected chi connectivity index (χ2v) is 5.91. The van der Waals surface area contributed by atoms with Gasteiger partial charge in [-0.25, -0.2) is 14.4 Å². The fourth-order valence-electron chi connectivity index (χ4n) is 1.10. The number of aliphatic carboxylic acids is 1. The Morgan fingerprint density at radius 2 is 1.94 bits per heavy atom. The Morgan fingerprint density at radius 3 is 2.33 bits per heavy atom. The first-order valence-electron chi connectivity index (χ1n) is 5.03. The van der Waals surface area contributed by atoms with Gasteiger partial charge < -0.3 is 20.2 Å². The van der Waals surface area contributed by atoms with E-state index in [-0.39, 0.29) is 6.42 Å². The number of carbonyl (C=O) groups excluding carboxylic acids is 1. The normalized spacial score (nSPS) is 14.9. The van der Waals surface area contributed by atoms with Gasteiger partial charge in [-0.15, -0.1) is 0 Å². The summed E-state index contributed by atoms with van der Waals surface area (Å²) in [4.78, 5) is 39.6. The molecule has 18 heavy (non-hydrogen) atoms. The highest BCUT2D eigenvalue weighted by Gasteiger charge is 2.26.